The first-order valence-corrected chi connectivity index (χ1v) is 12.8. The van der Waals surface area contributed by atoms with E-state index in [1.807, 2.05) is 20.8 Å². The summed E-state index contributed by atoms with van der Waals surface area (Å²) in [6.07, 6.45) is 1.10. The van der Waals surface area contributed by atoms with Gasteiger partial charge in [-0.25, -0.2) is 13.1 Å². The van der Waals surface area contributed by atoms with Crippen LogP contribution in [0.4, 0.5) is 0 Å². The number of hydrogen-bond donors (Lipinski definition) is 0. The van der Waals surface area contributed by atoms with Gasteiger partial charge in [0.05, 0.1) is 16.4 Å². The predicted molar refractivity (Wildman–Crippen MR) is 129 cm³/mol. The van der Waals surface area contributed by atoms with Crippen molar-refractivity contribution < 1.29 is 12.8 Å². The predicted octanol–water partition coefficient (Wildman–Crippen LogP) is 6.25. The van der Waals surface area contributed by atoms with Crippen molar-refractivity contribution in [1.82, 2.24) is 20.0 Å². The Balaban J connectivity index is 2.10. The maximum atomic E-state index is 13.1. The molecule has 2 heterocycles. The van der Waals surface area contributed by atoms with Crippen LogP contribution >= 0.6 is 34.8 Å². The van der Waals surface area contributed by atoms with Gasteiger partial charge in [-0.15, -0.1) is 10.2 Å². The number of benzene rings is 2. The van der Waals surface area contributed by atoms with E-state index in [0.29, 0.717) is 27.2 Å². The minimum atomic E-state index is -3.82. The molecule has 4 aromatic rings. The molecule has 0 fully saturated rings. The van der Waals surface area contributed by atoms with Crippen molar-refractivity contribution in [3.05, 3.63) is 63.4 Å². The molecule has 0 saturated heterocycles. The van der Waals surface area contributed by atoms with Crippen LogP contribution in [0.15, 0.2) is 51.8 Å². The summed E-state index contributed by atoms with van der Waals surface area (Å²) in [7, 11) is -3.82. The van der Waals surface area contributed by atoms with Crippen LogP contribution in [0.1, 0.15) is 26.7 Å². The van der Waals surface area contributed by atoms with Crippen LogP contribution in [0.25, 0.3) is 28.5 Å². The molecule has 0 N–H and O–H groups in total. The van der Waals surface area contributed by atoms with E-state index in [4.69, 9.17) is 39.2 Å². The SMILES string of the molecule is CC(C)(C)c1nnc(-c2nn(-c3ccc(Cl)cc3Cl)c(-c3ccc(Cl)cc3)c2S(C)(=O)=O)o1. The fourth-order valence-electron chi connectivity index (χ4n) is 3.21. The van der Waals surface area contributed by atoms with Crippen LogP contribution in [0.3, 0.4) is 0 Å². The van der Waals surface area contributed by atoms with Crippen molar-refractivity contribution in [1.29, 1.82) is 0 Å². The minimum Gasteiger partial charge on any atom is -0.419 e. The second-order valence-corrected chi connectivity index (χ2v) is 11.7. The third-order valence-corrected chi connectivity index (χ3v) is 6.66. The number of nitrogens with zero attached hydrogens (tertiary/aromatic N) is 4. The van der Waals surface area contributed by atoms with Crippen LogP contribution in [0, 0.1) is 0 Å². The van der Waals surface area contributed by atoms with Crippen molar-refractivity contribution in [3.63, 3.8) is 0 Å². The molecule has 2 aromatic carbocycles. The highest BCUT2D eigenvalue weighted by Gasteiger charge is 2.32. The van der Waals surface area contributed by atoms with Gasteiger partial charge in [0.15, 0.2) is 15.5 Å². The highest BCUT2D eigenvalue weighted by atomic mass is 35.5. The monoisotopic (exact) mass is 524 g/mol. The third-order valence-electron chi connectivity index (χ3n) is 4.74. The number of aromatic nitrogens is 4. The van der Waals surface area contributed by atoms with Gasteiger partial charge in [-0.1, -0.05) is 67.7 Å². The van der Waals surface area contributed by atoms with Gasteiger partial charge in [-0.3, -0.25) is 0 Å². The lowest BCUT2D eigenvalue weighted by molar-refractivity contribution is 0.398. The fraction of sp³-hybridized carbons (Fsp3) is 0.227. The van der Waals surface area contributed by atoms with Crippen molar-refractivity contribution in [3.8, 4) is 28.5 Å². The Bertz CT molecular complexity index is 1450. The molecule has 33 heavy (non-hydrogen) atoms. The highest BCUT2D eigenvalue weighted by molar-refractivity contribution is 7.91. The van der Waals surface area contributed by atoms with E-state index in [9.17, 15) is 8.42 Å². The average Bonchev–Trinajstić information content (AvgIpc) is 3.33. The van der Waals surface area contributed by atoms with Gasteiger partial charge in [-0.05, 0) is 30.3 Å². The molecule has 0 spiro atoms. The molecule has 0 aliphatic heterocycles. The Morgan fingerprint density at radius 1 is 0.939 bits per heavy atom. The van der Waals surface area contributed by atoms with Gasteiger partial charge < -0.3 is 4.42 Å². The van der Waals surface area contributed by atoms with Crippen LogP contribution in [-0.2, 0) is 15.3 Å². The largest absolute Gasteiger partial charge is 0.419 e. The number of sulfone groups is 1. The van der Waals surface area contributed by atoms with Crippen LogP contribution in [0.2, 0.25) is 15.1 Å². The van der Waals surface area contributed by atoms with Gasteiger partial charge in [0, 0.05) is 27.3 Å². The minimum absolute atomic E-state index is 0.0144. The standard InChI is InChI=1S/C22H19Cl3N4O3S/c1-22(2,3)21-27-26-20(32-21)17-19(33(4,30)31)18(12-5-7-13(23)8-6-12)29(28-17)16-10-9-14(24)11-15(16)25/h5-11H,1-4H3. The molecule has 4 rings (SSSR count). The summed E-state index contributed by atoms with van der Waals surface area (Å²) in [6, 6.07) is 11.6. The third kappa shape index (κ3) is 4.66. The van der Waals surface area contributed by atoms with Crippen molar-refractivity contribution >= 4 is 44.6 Å². The van der Waals surface area contributed by atoms with E-state index in [1.54, 1.807) is 42.5 Å². The Labute approximate surface area is 206 Å². The molecule has 0 unspecified atom stereocenters. The quantitative estimate of drug-likeness (QED) is 0.313. The number of hydrogen-bond acceptors (Lipinski definition) is 6. The lowest BCUT2D eigenvalue weighted by Crippen LogP contribution is -2.11. The van der Waals surface area contributed by atoms with Gasteiger partial charge >= 0.3 is 0 Å². The normalized spacial score (nSPS) is 12.3. The first-order chi connectivity index (χ1) is 15.4. The lowest BCUT2D eigenvalue weighted by Gasteiger charge is -2.11. The molecule has 0 aliphatic carbocycles. The zero-order valence-electron chi connectivity index (χ0n) is 18.1. The molecule has 11 heteroatoms. The van der Waals surface area contributed by atoms with Crippen molar-refractivity contribution in [2.45, 2.75) is 31.1 Å². The van der Waals surface area contributed by atoms with E-state index >= 15 is 0 Å². The molecule has 0 bridgehead atoms. The Kier molecular flexibility index (Phi) is 6.07. The Hall–Kier alpha value is -2.39. The second kappa shape index (κ2) is 8.43. The molecule has 0 amide bonds. The Morgan fingerprint density at radius 2 is 1.58 bits per heavy atom. The highest BCUT2D eigenvalue weighted by Crippen LogP contribution is 2.39. The van der Waals surface area contributed by atoms with Crippen molar-refractivity contribution in [2.24, 2.45) is 0 Å². The van der Waals surface area contributed by atoms with E-state index < -0.39 is 15.3 Å². The van der Waals surface area contributed by atoms with E-state index in [0.717, 1.165) is 6.26 Å². The van der Waals surface area contributed by atoms with Gasteiger partial charge in [0.25, 0.3) is 5.89 Å². The average molecular weight is 526 g/mol. The summed E-state index contributed by atoms with van der Waals surface area (Å²) < 4.78 is 33.4. The molecule has 172 valence electrons. The van der Waals surface area contributed by atoms with Gasteiger partial charge in [0.1, 0.15) is 4.90 Å². The molecule has 0 saturated carbocycles. The van der Waals surface area contributed by atoms with Gasteiger partial charge in [0.2, 0.25) is 5.89 Å². The molecule has 2 aromatic heterocycles. The topological polar surface area (TPSA) is 90.9 Å². The molecular formula is C22H19Cl3N4O3S. The zero-order chi connectivity index (χ0) is 24.1. The number of halogens is 3. The Morgan fingerprint density at radius 3 is 2.12 bits per heavy atom. The maximum absolute atomic E-state index is 13.1. The summed E-state index contributed by atoms with van der Waals surface area (Å²) in [5.41, 5.74) is 0.857. The molecular weight excluding hydrogens is 507 g/mol. The number of rotatable bonds is 4. The van der Waals surface area contributed by atoms with Crippen LogP contribution in [0.5, 0.6) is 0 Å². The zero-order valence-corrected chi connectivity index (χ0v) is 21.2. The molecule has 0 radical (unpaired) electrons. The summed E-state index contributed by atoms with van der Waals surface area (Å²) in [5, 5.41) is 14.0. The first-order valence-electron chi connectivity index (χ1n) is 9.75. The smallest absolute Gasteiger partial charge is 0.269 e. The summed E-state index contributed by atoms with van der Waals surface area (Å²) >= 11 is 18.6. The van der Waals surface area contributed by atoms with Gasteiger partial charge in [-0.2, -0.15) is 5.10 Å². The first kappa shape index (κ1) is 23.8. The van der Waals surface area contributed by atoms with E-state index in [1.165, 1.54) is 4.68 Å². The fourth-order valence-corrected chi connectivity index (χ4v) is 4.85. The van der Waals surface area contributed by atoms with Crippen LogP contribution in [-0.4, -0.2) is 34.7 Å². The summed E-state index contributed by atoms with van der Waals surface area (Å²) in [4.78, 5) is -0.0695. The van der Waals surface area contributed by atoms with Crippen LogP contribution < -0.4 is 0 Å². The molecule has 7 nitrogen and oxygen atoms in total. The molecule has 0 atom stereocenters. The van der Waals surface area contributed by atoms with E-state index in [2.05, 4.69) is 15.3 Å². The van der Waals surface area contributed by atoms with Crippen molar-refractivity contribution in [2.75, 3.05) is 6.26 Å². The summed E-state index contributed by atoms with van der Waals surface area (Å²) in [5.74, 6) is 0.337. The van der Waals surface area contributed by atoms with E-state index in [-0.39, 0.29) is 27.2 Å². The summed E-state index contributed by atoms with van der Waals surface area (Å²) in [6.45, 7) is 5.73. The molecule has 0 aliphatic rings. The maximum Gasteiger partial charge on any atom is 0.269 e. The second-order valence-electron chi connectivity index (χ2n) is 8.48. The lowest BCUT2D eigenvalue weighted by atomic mass is 9.97.